The maximum Gasteiger partial charge on any atom is 0.292 e. The number of azo groups is 1. The first-order chi connectivity index (χ1) is 8.88. The number of aryl methyl sites for hydroxylation is 1. The molecule has 1 aromatic heterocycles. The fourth-order valence-corrected chi connectivity index (χ4v) is 1.79. The molecular weight excluding hydrogens is 240 g/mol. The van der Waals surface area contributed by atoms with Gasteiger partial charge in [-0.3, -0.25) is 15.0 Å². The third kappa shape index (κ3) is 2.99. The van der Waals surface area contributed by atoms with E-state index in [0.717, 1.165) is 16.9 Å². The standard InChI is InChI=1S/C14H18N4O/c1-9-6-5-7-10(8-9)15-16-11-12(14(2,3)4)17-18-13(11)19/h5-8H,1-4H3,(H2,17,18,19). The van der Waals surface area contributed by atoms with Gasteiger partial charge in [-0.1, -0.05) is 32.9 Å². The molecule has 19 heavy (non-hydrogen) atoms. The first-order valence-corrected chi connectivity index (χ1v) is 6.17. The molecule has 2 rings (SSSR count). The number of benzene rings is 1. The fourth-order valence-electron chi connectivity index (χ4n) is 1.79. The van der Waals surface area contributed by atoms with Crippen LogP contribution >= 0.6 is 0 Å². The number of H-pyrrole nitrogens is 2. The summed E-state index contributed by atoms with van der Waals surface area (Å²) >= 11 is 0. The van der Waals surface area contributed by atoms with Crippen LogP contribution in [0.2, 0.25) is 0 Å². The van der Waals surface area contributed by atoms with Gasteiger partial charge in [-0.2, -0.15) is 5.11 Å². The Bertz CT molecular complexity index is 659. The van der Waals surface area contributed by atoms with Crippen LogP contribution in [0.4, 0.5) is 11.4 Å². The highest BCUT2D eigenvalue weighted by atomic mass is 16.1. The molecule has 1 heterocycles. The van der Waals surface area contributed by atoms with Crippen molar-refractivity contribution in [2.24, 2.45) is 10.2 Å². The molecule has 0 saturated heterocycles. The molecule has 0 aliphatic rings. The van der Waals surface area contributed by atoms with Crippen molar-refractivity contribution >= 4 is 11.4 Å². The molecule has 0 aliphatic carbocycles. The predicted molar refractivity (Wildman–Crippen MR) is 75.5 cm³/mol. The lowest BCUT2D eigenvalue weighted by molar-refractivity contribution is 0.567. The zero-order chi connectivity index (χ0) is 14.0. The van der Waals surface area contributed by atoms with Crippen molar-refractivity contribution in [1.29, 1.82) is 0 Å². The van der Waals surface area contributed by atoms with Gasteiger partial charge in [-0.25, -0.2) is 0 Å². The lowest BCUT2D eigenvalue weighted by Gasteiger charge is -2.15. The summed E-state index contributed by atoms with van der Waals surface area (Å²) in [6, 6.07) is 7.67. The van der Waals surface area contributed by atoms with Gasteiger partial charge < -0.3 is 0 Å². The van der Waals surface area contributed by atoms with Crippen LogP contribution < -0.4 is 5.56 Å². The van der Waals surface area contributed by atoms with Crippen molar-refractivity contribution in [2.75, 3.05) is 0 Å². The summed E-state index contributed by atoms with van der Waals surface area (Å²) < 4.78 is 0. The molecule has 100 valence electrons. The van der Waals surface area contributed by atoms with Crippen LogP contribution in [0.3, 0.4) is 0 Å². The first kappa shape index (κ1) is 13.3. The maximum atomic E-state index is 11.7. The van der Waals surface area contributed by atoms with Crippen molar-refractivity contribution < 1.29 is 0 Å². The summed E-state index contributed by atoms with van der Waals surface area (Å²) in [7, 11) is 0. The molecule has 0 saturated carbocycles. The minimum absolute atomic E-state index is 0.194. The smallest absolute Gasteiger partial charge is 0.292 e. The number of aromatic nitrogens is 2. The van der Waals surface area contributed by atoms with Crippen molar-refractivity contribution in [3.05, 3.63) is 45.9 Å². The van der Waals surface area contributed by atoms with Crippen LogP contribution in [-0.2, 0) is 5.41 Å². The number of aromatic amines is 2. The Balaban J connectivity index is 2.39. The fraction of sp³-hybridized carbons (Fsp3) is 0.357. The molecule has 5 heteroatoms. The molecule has 0 amide bonds. The van der Waals surface area contributed by atoms with Crippen LogP contribution in [0.15, 0.2) is 39.3 Å². The number of hydrogen-bond donors (Lipinski definition) is 2. The van der Waals surface area contributed by atoms with Crippen LogP contribution in [0.5, 0.6) is 0 Å². The van der Waals surface area contributed by atoms with Gasteiger partial charge >= 0.3 is 0 Å². The van der Waals surface area contributed by atoms with Crippen molar-refractivity contribution in [1.82, 2.24) is 10.2 Å². The van der Waals surface area contributed by atoms with Gasteiger partial charge in [0.2, 0.25) is 0 Å². The predicted octanol–water partition coefficient (Wildman–Crippen LogP) is 3.72. The zero-order valence-electron chi connectivity index (χ0n) is 11.6. The summed E-state index contributed by atoms with van der Waals surface area (Å²) in [6.45, 7) is 8.02. The van der Waals surface area contributed by atoms with E-state index >= 15 is 0 Å². The molecular formula is C14H18N4O. The third-order valence-corrected chi connectivity index (χ3v) is 2.77. The van der Waals surface area contributed by atoms with Crippen molar-refractivity contribution in [3.8, 4) is 0 Å². The first-order valence-electron chi connectivity index (χ1n) is 6.17. The van der Waals surface area contributed by atoms with Crippen LogP contribution in [-0.4, -0.2) is 10.2 Å². The average molecular weight is 258 g/mol. The molecule has 2 N–H and O–H groups in total. The topological polar surface area (TPSA) is 73.4 Å². The molecule has 0 atom stereocenters. The van der Waals surface area contributed by atoms with Crippen molar-refractivity contribution in [2.45, 2.75) is 33.1 Å². The maximum absolute atomic E-state index is 11.7. The van der Waals surface area contributed by atoms with Crippen molar-refractivity contribution in [3.63, 3.8) is 0 Å². The number of nitrogens with one attached hydrogen (secondary N) is 2. The second-order valence-electron chi connectivity index (χ2n) is 5.59. The van der Waals surface area contributed by atoms with E-state index in [2.05, 4.69) is 20.4 Å². The van der Waals surface area contributed by atoms with Crippen LogP contribution in [0.1, 0.15) is 32.0 Å². The number of rotatable bonds is 2. The minimum Gasteiger partial charge on any atom is -0.299 e. The summed E-state index contributed by atoms with van der Waals surface area (Å²) in [5.74, 6) is 0. The Morgan fingerprint density at radius 1 is 1.11 bits per heavy atom. The quantitative estimate of drug-likeness (QED) is 0.791. The van der Waals surface area contributed by atoms with E-state index in [4.69, 9.17) is 0 Å². The molecule has 0 unspecified atom stereocenters. The van der Waals surface area contributed by atoms with E-state index in [9.17, 15) is 4.79 Å². The monoisotopic (exact) mass is 258 g/mol. The molecule has 5 nitrogen and oxygen atoms in total. The highest BCUT2D eigenvalue weighted by Gasteiger charge is 2.22. The summed E-state index contributed by atoms with van der Waals surface area (Å²) in [4.78, 5) is 11.7. The van der Waals surface area contributed by atoms with E-state index in [1.165, 1.54) is 0 Å². The Kier molecular flexibility index (Phi) is 3.38. The lowest BCUT2D eigenvalue weighted by atomic mass is 9.91. The number of hydrogen-bond acceptors (Lipinski definition) is 3. The van der Waals surface area contributed by atoms with Gasteiger partial charge in [0, 0.05) is 5.41 Å². The van der Waals surface area contributed by atoms with Gasteiger partial charge in [-0.15, -0.1) is 5.11 Å². The van der Waals surface area contributed by atoms with Gasteiger partial charge in [0.25, 0.3) is 5.56 Å². The zero-order valence-corrected chi connectivity index (χ0v) is 11.6. The average Bonchev–Trinajstić information content (AvgIpc) is 2.68. The van der Waals surface area contributed by atoms with E-state index < -0.39 is 0 Å². The molecule has 0 bridgehead atoms. The van der Waals surface area contributed by atoms with Gasteiger partial charge in [0.1, 0.15) is 0 Å². The molecule has 0 spiro atoms. The van der Waals surface area contributed by atoms with Gasteiger partial charge in [0.15, 0.2) is 5.69 Å². The lowest BCUT2D eigenvalue weighted by Crippen LogP contribution is -2.12. The summed E-state index contributed by atoms with van der Waals surface area (Å²) in [6.07, 6.45) is 0. The van der Waals surface area contributed by atoms with E-state index in [1.807, 2.05) is 52.0 Å². The highest BCUT2D eigenvalue weighted by Crippen LogP contribution is 2.27. The second-order valence-corrected chi connectivity index (χ2v) is 5.59. The third-order valence-electron chi connectivity index (χ3n) is 2.77. The second kappa shape index (κ2) is 4.84. The van der Waals surface area contributed by atoms with E-state index in [0.29, 0.717) is 5.69 Å². The molecule has 1 aromatic carbocycles. The molecule has 0 aliphatic heterocycles. The van der Waals surface area contributed by atoms with Gasteiger partial charge in [0.05, 0.1) is 11.4 Å². The largest absolute Gasteiger partial charge is 0.299 e. The van der Waals surface area contributed by atoms with Gasteiger partial charge in [-0.05, 0) is 24.6 Å². The minimum atomic E-state index is -0.249. The Hall–Kier alpha value is -2.17. The Morgan fingerprint density at radius 3 is 2.47 bits per heavy atom. The van der Waals surface area contributed by atoms with Crippen LogP contribution in [0, 0.1) is 6.92 Å². The molecule has 2 aromatic rings. The van der Waals surface area contributed by atoms with E-state index in [-0.39, 0.29) is 11.0 Å². The Morgan fingerprint density at radius 2 is 1.84 bits per heavy atom. The Labute approximate surface area is 111 Å². The molecule has 0 fully saturated rings. The summed E-state index contributed by atoms with van der Waals surface area (Å²) in [5, 5.41) is 13.7. The highest BCUT2D eigenvalue weighted by molar-refractivity contribution is 5.45. The number of nitrogens with zero attached hydrogens (tertiary/aromatic N) is 2. The SMILES string of the molecule is Cc1cccc(N=Nc2c(C(C)(C)C)[nH][nH]c2=O)c1. The van der Waals surface area contributed by atoms with E-state index in [1.54, 1.807) is 0 Å². The van der Waals surface area contributed by atoms with Crippen LogP contribution in [0.25, 0.3) is 0 Å². The normalized spacial score (nSPS) is 12.2. The molecule has 0 radical (unpaired) electrons. The summed E-state index contributed by atoms with van der Waals surface area (Å²) in [5.41, 5.74) is 2.50.